The molecule has 0 bridgehead atoms. The fourth-order valence-corrected chi connectivity index (χ4v) is 1.88. The Balaban J connectivity index is 4.13. The number of methoxy groups -OCH3 is 1. The summed E-state index contributed by atoms with van der Waals surface area (Å²) in [6.45, 7) is 1.98. The Hall–Kier alpha value is -0.220. The molecule has 0 spiro atoms. The van der Waals surface area contributed by atoms with Gasteiger partial charge in [-0.2, -0.15) is 11.8 Å². The molecule has 78 valence electrons. The zero-order chi connectivity index (χ0) is 10.3. The van der Waals surface area contributed by atoms with E-state index in [2.05, 4.69) is 4.74 Å². The quantitative estimate of drug-likeness (QED) is 0.665. The van der Waals surface area contributed by atoms with Crippen molar-refractivity contribution in [1.29, 1.82) is 0 Å². The van der Waals surface area contributed by atoms with Crippen LogP contribution in [-0.2, 0) is 9.53 Å². The molecule has 0 amide bonds. The Morgan fingerprint density at radius 1 is 1.62 bits per heavy atom. The van der Waals surface area contributed by atoms with Crippen LogP contribution in [0.15, 0.2) is 0 Å². The maximum Gasteiger partial charge on any atom is 0.312 e. The molecule has 4 heteroatoms. The summed E-state index contributed by atoms with van der Waals surface area (Å²) in [5.74, 6) is -0.0661. The molecule has 2 atom stereocenters. The lowest BCUT2D eigenvalue weighted by Gasteiger charge is -2.19. The Morgan fingerprint density at radius 3 is 2.62 bits per heavy atom. The van der Waals surface area contributed by atoms with Gasteiger partial charge in [-0.05, 0) is 12.7 Å². The number of ether oxygens (including phenoxy) is 1. The molecule has 13 heavy (non-hydrogen) atoms. The van der Waals surface area contributed by atoms with Gasteiger partial charge in [0.05, 0.1) is 19.1 Å². The molecule has 0 aromatic rings. The molecule has 0 radical (unpaired) electrons. The lowest BCUT2D eigenvalue weighted by molar-refractivity contribution is -0.148. The summed E-state index contributed by atoms with van der Waals surface area (Å²) in [6, 6.07) is 0. The van der Waals surface area contributed by atoms with Gasteiger partial charge in [-0.3, -0.25) is 4.79 Å². The summed E-state index contributed by atoms with van der Waals surface area (Å²) in [7, 11) is 1.36. The highest BCUT2D eigenvalue weighted by Gasteiger charge is 2.26. The molecule has 0 saturated heterocycles. The number of hydrogen-bond donors (Lipinski definition) is 1. The van der Waals surface area contributed by atoms with Crippen LogP contribution in [0.25, 0.3) is 0 Å². The predicted octanol–water partition coefficient (Wildman–Crippen LogP) is 1.30. The number of thioether (sulfide) groups is 1. The molecule has 0 fully saturated rings. The molecule has 0 aliphatic heterocycles. The van der Waals surface area contributed by atoms with E-state index in [0.717, 1.165) is 6.42 Å². The number of rotatable bonds is 6. The molecular formula is C9H18O3S. The van der Waals surface area contributed by atoms with Gasteiger partial charge in [0.15, 0.2) is 0 Å². The third-order valence-corrected chi connectivity index (χ3v) is 2.59. The van der Waals surface area contributed by atoms with Crippen LogP contribution >= 0.6 is 11.8 Å². The standard InChI is InChI=1S/C9H18O3S/c1-4-5-8(10)7(6-13-3)9(11)12-2/h7-8,10H,4-6H2,1-3H3. The fourth-order valence-electron chi connectivity index (χ4n) is 1.16. The molecular weight excluding hydrogens is 188 g/mol. The first-order valence-electron chi connectivity index (χ1n) is 4.42. The summed E-state index contributed by atoms with van der Waals surface area (Å²) in [4.78, 5) is 11.2. The van der Waals surface area contributed by atoms with Crippen LogP contribution < -0.4 is 0 Å². The monoisotopic (exact) mass is 206 g/mol. The van der Waals surface area contributed by atoms with Crippen molar-refractivity contribution in [3.8, 4) is 0 Å². The SMILES string of the molecule is CCCC(O)C(CSC)C(=O)OC. The van der Waals surface area contributed by atoms with Gasteiger partial charge in [-0.15, -0.1) is 0 Å². The minimum Gasteiger partial charge on any atom is -0.469 e. The van der Waals surface area contributed by atoms with E-state index in [1.54, 1.807) is 11.8 Å². The van der Waals surface area contributed by atoms with Gasteiger partial charge >= 0.3 is 5.97 Å². The van der Waals surface area contributed by atoms with E-state index in [1.807, 2.05) is 13.2 Å². The Labute approximate surface area is 83.9 Å². The lowest BCUT2D eigenvalue weighted by atomic mass is 10.0. The van der Waals surface area contributed by atoms with E-state index in [0.29, 0.717) is 12.2 Å². The largest absolute Gasteiger partial charge is 0.469 e. The van der Waals surface area contributed by atoms with Crippen molar-refractivity contribution < 1.29 is 14.6 Å². The highest BCUT2D eigenvalue weighted by Crippen LogP contribution is 2.15. The van der Waals surface area contributed by atoms with E-state index in [-0.39, 0.29) is 11.9 Å². The Bertz CT molecular complexity index is 150. The number of carbonyl (C=O) groups is 1. The average molecular weight is 206 g/mol. The molecule has 0 saturated carbocycles. The van der Waals surface area contributed by atoms with Crippen LogP contribution in [0.2, 0.25) is 0 Å². The first-order valence-corrected chi connectivity index (χ1v) is 5.81. The van der Waals surface area contributed by atoms with E-state index in [1.165, 1.54) is 7.11 Å². The molecule has 0 aromatic carbocycles. The zero-order valence-corrected chi connectivity index (χ0v) is 9.26. The molecule has 0 aromatic heterocycles. The molecule has 0 aliphatic carbocycles. The second kappa shape index (κ2) is 7.21. The molecule has 0 aliphatic rings. The molecule has 2 unspecified atom stereocenters. The normalized spacial score (nSPS) is 15.1. The summed E-state index contributed by atoms with van der Waals surface area (Å²) in [6.07, 6.45) is 2.88. The van der Waals surface area contributed by atoms with Gasteiger partial charge in [0, 0.05) is 5.75 Å². The van der Waals surface area contributed by atoms with Gasteiger partial charge in [0.2, 0.25) is 0 Å². The number of hydrogen-bond acceptors (Lipinski definition) is 4. The van der Waals surface area contributed by atoms with Crippen molar-refractivity contribution >= 4 is 17.7 Å². The van der Waals surface area contributed by atoms with Gasteiger partial charge in [-0.1, -0.05) is 13.3 Å². The highest BCUT2D eigenvalue weighted by molar-refractivity contribution is 7.98. The van der Waals surface area contributed by atoms with Crippen molar-refractivity contribution in [3.05, 3.63) is 0 Å². The van der Waals surface area contributed by atoms with Crippen molar-refractivity contribution in [2.75, 3.05) is 19.1 Å². The third-order valence-electron chi connectivity index (χ3n) is 1.90. The lowest BCUT2D eigenvalue weighted by Crippen LogP contribution is -2.31. The van der Waals surface area contributed by atoms with Gasteiger partial charge < -0.3 is 9.84 Å². The summed E-state index contributed by atoms with van der Waals surface area (Å²) in [5, 5.41) is 9.63. The second-order valence-corrected chi connectivity index (χ2v) is 3.85. The first kappa shape index (κ1) is 12.8. The van der Waals surface area contributed by atoms with Crippen LogP contribution in [0.4, 0.5) is 0 Å². The van der Waals surface area contributed by atoms with E-state index >= 15 is 0 Å². The fraction of sp³-hybridized carbons (Fsp3) is 0.889. The average Bonchev–Trinajstić information content (AvgIpc) is 2.13. The van der Waals surface area contributed by atoms with Crippen LogP contribution in [0, 0.1) is 5.92 Å². The van der Waals surface area contributed by atoms with E-state index < -0.39 is 6.10 Å². The molecule has 0 heterocycles. The van der Waals surface area contributed by atoms with Gasteiger partial charge in [-0.25, -0.2) is 0 Å². The van der Waals surface area contributed by atoms with E-state index in [4.69, 9.17) is 0 Å². The first-order chi connectivity index (χ1) is 6.17. The summed E-state index contributed by atoms with van der Waals surface area (Å²) in [5.41, 5.74) is 0. The smallest absolute Gasteiger partial charge is 0.312 e. The second-order valence-electron chi connectivity index (χ2n) is 2.94. The van der Waals surface area contributed by atoms with Crippen molar-refractivity contribution in [2.24, 2.45) is 5.92 Å². The maximum absolute atomic E-state index is 11.2. The topological polar surface area (TPSA) is 46.5 Å². The van der Waals surface area contributed by atoms with Crippen molar-refractivity contribution in [1.82, 2.24) is 0 Å². The van der Waals surface area contributed by atoms with Crippen LogP contribution in [0.1, 0.15) is 19.8 Å². The van der Waals surface area contributed by atoms with Crippen LogP contribution in [0.5, 0.6) is 0 Å². The summed E-state index contributed by atoms with van der Waals surface area (Å²) < 4.78 is 4.62. The van der Waals surface area contributed by atoms with Crippen LogP contribution in [-0.4, -0.2) is 36.3 Å². The number of aliphatic hydroxyl groups excluding tert-OH is 1. The highest BCUT2D eigenvalue weighted by atomic mass is 32.2. The minimum absolute atomic E-state index is 0.310. The summed E-state index contributed by atoms with van der Waals surface area (Å²) >= 11 is 1.55. The predicted molar refractivity (Wildman–Crippen MR) is 54.8 cm³/mol. The van der Waals surface area contributed by atoms with Crippen LogP contribution in [0.3, 0.4) is 0 Å². The maximum atomic E-state index is 11.2. The van der Waals surface area contributed by atoms with Gasteiger partial charge in [0.25, 0.3) is 0 Å². The zero-order valence-electron chi connectivity index (χ0n) is 8.45. The van der Waals surface area contributed by atoms with E-state index in [9.17, 15) is 9.90 Å². The Morgan fingerprint density at radius 2 is 2.23 bits per heavy atom. The number of aliphatic hydroxyl groups is 1. The Kier molecular flexibility index (Phi) is 7.09. The minimum atomic E-state index is -0.565. The van der Waals surface area contributed by atoms with Crippen molar-refractivity contribution in [3.63, 3.8) is 0 Å². The third kappa shape index (κ3) is 4.52. The molecule has 3 nitrogen and oxygen atoms in total. The number of carbonyl (C=O) groups excluding carboxylic acids is 1. The van der Waals surface area contributed by atoms with Crippen molar-refractivity contribution in [2.45, 2.75) is 25.9 Å². The number of esters is 1. The molecule has 0 rings (SSSR count). The molecule has 1 N–H and O–H groups in total. The van der Waals surface area contributed by atoms with Gasteiger partial charge in [0.1, 0.15) is 0 Å².